The molecule has 0 bridgehead atoms. The minimum Gasteiger partial charge on any atom is -0.302 e. The lowest BCUT2D eigenvalue weighted by atomic mass is 10.1. The van der Waals surface area contributed by atoms with Crippen LogP contribution in [0.5, 0.6) is 0 Å². The molecule has 0 radical (unpaired) electrons. The number of halogens is 1. The SMILES string of the molecule is CCN(CC)CCN(C(=O)c1ccccc1)c1nc2c(C)cc(C)cc2s1.Cl. The van der Waals surface area contributed by atoms with Crippen LogP contribution in [0.1, 0.15) is 35.3 Å². The van der Waals surface area contributed by atoms with Gasteiger partial charge in [0.15, 0.2) is 5.13 Å². The topological polar surface area (TPSA) is 36.4 Å². The molecule has 1 heterocycles. The van der Waals surface area contributed by atoms with Crippen LogP contribution in [0.15, 0.2) is 42.5 Å². The summed E-state index contributed by atoms with van der Waals surface area (Å²) in [6.07, 6.45) is 0. The lowest BCUT2D eigenvalue weighted by molar-refractivity contribution is 0.0984. The Morgan fingerprint density at radius 3 is 2.36 bits per heavy atom. The van der Waals surface area contributed by atoms with E-state index in [-0.39, 0.29) is 18.3 Å². The van der Waals surface area contributed by atoms with Gasteiger partial charge in [0.1, 0.15) is 0 Å². The standard InChI is InChI=1S/C22H27N3OS.ClH/c1-5-24(6-2)12-13-25(21(26)18-10-8-7-9-11-18)22-23-20-17(4)14-16(3)15-19(20)27-22;/h7-11,14-15H,5-6,12-13H2,1-4H3;1H. The summed E-state index contributed by atoms with van der Waals surface area (Å²) in [6, 6.07) is 13.8. The third kappa shape index (κ3) is 4.90. The number of nitrogens with zero attached hydrogens (tertiary/aromatic N) is 3. The lowest BCUT2D eigenvalue weighted by Crippen LogP contribution is -2.38. The number of likely N-dealkylation sites (N-methyl/N-ethyl adjacent to an activating group) is 1. The average molecular weight is 418 g/mol. The molecular weight excluding hydrogens is 390 g/mol. The number of fused-ring (bicyclic) bond motifs is 1. The maximum absolute atomic E-state index is 13.2. The zero-order chi connectivity index (χ0) is 19.4. The van der Waals surface area contributed by atoms with Crippen molar-refractivity contribution in [1.29, 1.82) is 0 Å². The normalized spacial score (nSPS) is 10.9. The van der Waals surface area contributed by atoms with Crippen molar-refractivity contribution in [1.82, 2.24) is 9.88 Å². The number of anilines is 1. The summed E-state index contributed by atoms with van der Waals surface area (Å²) in [5.41, 5.74) is 4.07. The van der Waals surface area contributed by atoms with Crippen LogP contribution in [-0.2, 0) is 0 Å². The third-order valence-corrected chi connectivity index (χ3v) is 5.87. The van der Waals surface area contributed by atoms with Gasteiger partial charge in [0.25, 0.3) is 5.91 Å². The minimum atomic E-state index is 0. The highest BCUT2D eigenvalue weighted by Gasteiger charge is 2.22. The van der Waals surface area contributed by atoms with Gasteiger partial charge in [-0.15, -0.1) is 12.4 Å². The van der Waals surface area contributed by atoms with Crippen molar-refractivity contribution >= 4 is 45.0 Å². The van der Waals surface area contributed by atoms with E-state index >= 15 is 0 Å². The van der Waals surface area contributed by atoms with Gasteiger partial charge in [0, 0.05) is 18.7 Å². The number of hydrogen-bond acceptors (Lipinski definition) is 4. The monoisotopic (exact) mass is 417 g/mol. The van der Waals surface area contributed by atoms with Crippen molar-refractivity contribution in [2.75, 3.05) is 31.1 Å². The van der Waals surface area contributed by atoms with Gasteiger partial charge in [-0.25, -0.2) is 4.98 Å². The molecule has 0 atom stereocenters. The zero-order valence-electron chi connectivity index (χ0n) is 16.9. The summed E-state index contributed by atoms with van der Waals surface area (Å²) in [4.78, 5) is 22.2. The molecule has 0 N–H and O–H groups in total. The summed E-state index contributed by atoms with van der Waals surface area (Å²) in [5, 5.41) is 0.778. The number of benzene rings is 2. The number of aromatic nitrogens is 1. The van der Waals surface area contributed by atoms with Crippen molar-refractivity contribution in [3.8, 4) is 0 Å². The fraction of sp³-hybridized carbons (Fsp3) is 0.364. The molecule has 1 amide bonds. The smallest absolute Gasteiger partial charge is 0.260 e. The van der Waals surface area contributed by atoms with E-state index in [2.05, 4.69) is 44.7 Å². The first-order chi connectivity index (χ1) is 13.0. The first-order valence-corrected chi connectivity index (χ1v) is 10.3. The summed E-state index contributed by atoms with van der Waals surface area (Å²) < 4.78 is 1.14. The van der Waals surface area contributed by atoms with Gasteiger partial charge < -0.3 is 4.90 Å². The molecule has 3 rings (SSSR count). The van der Waals surface area contributed by atoms with Crippen molar-refractivity contribution in [2.24, 2.45) is 0 Å². The lowest BCUT2D eigenvalue weighted by Gasteiger charge is -2.24. The van der Waals surface area contributed by atoms with Crippen LogP contribution in [-0.4, -0.2) is 42.0 Å². The number of carbonyl (C=O) groups is 1. The second-order valence-electron chi connectivity index (χ2n) is 6.77. The Morgan fingerprint density at radius 1 is 1.04 bits per heavy atom. The maximum Gasteiger partial charge on any atom is 0.260 e. The maximum atomic E-state index is 13.2. The van der Waals surface area contributed by atoms with Gasteiger partial charge in [-0.1, -0.05) is 49.4 Å². The quantitative estimate of drug-likeness (QED) is 0.521. The molecule has 6 heteroatoms. The first kappa shape index (κ1) is 22.3. The molecule has 1 aromatic heterocycles. The molecule has 0 fully saturated rings. The van der Waals surface area contributed by atoms with E-state index in [4.69, 9.17) is 4.98 Å². The molecule has 0 aliphatic heterocycles. The zero-order valence-corrected chi connectivity index (χ0v) is 18.6. The van der Waals surface area contributed by atoms with E-state index in [1.54, 1.807) is 11.3 Å². The highest BCUT2D eigenvalue weighted by molar-refractivity contribution is 7.22. The molecule has 0 saturated carbocycles. The fourth-order valence-electron chi connectivity index (χ4n) is 3.28. The predicted molar refractivity (Wildman–Crippen MR) is 122 cm³/mol. The van der Waals surface area contributed by atoms with Gasteiger partial charge in [-0.2, -0.15) is 0 Å². The van der Waals surface area contributed by atoms with Crippen LogP contribution < -0.4 is 4.90 Å². The summed E-state index contributed by atoms with van der Waals surface area (Å²) in [6.45, 7) is 11.9. The first-order valence-electron chi connectivity index (χ1n) is 9.50. The van der Waals surface area contributed by atoms with Gasteiger partial charge in [0.05, 0.1) is 10.2 Å². The van der Waals surface area contributed by atoms with Crippen LogP contribution in [0.2, 0.25) is 0 Å². The van der Waals surface area contributed by atoms with E-state index in [1.807, 2.05) is 35.2 Å². The molecule has 0 unspecified atom stereocenters. The minimum absolute atomic E-state index is 0. The van der Waals surface area contributed by atoms with E-state index in [0.717, 1.165) is 40.5 Å². The van der Waals surface area contributed by atoms with Crippen LogP contribution in [0.4, 0.5) is 5.13 Å². The number of aryl methyl sites for hydroxylation is 2. The van der Waals surface area contributed by atoms with Crippen LogP contribution in [0.3, 0.4) is 0 Å². The molecule has 0 spiro atoms. The highest BCUT2D eigenvalue weighted by atomic mass is 35.5. The average Bonchev–Trinajstić information content (AvgIpc) is 3.09. The molecule has 3 aromatic rings. The number of carbonyl (C=O) groups excluding carboxylic acids is 1. The molecule has 4 nitrogen and oxygen atoms in total. The van der Waals surface area contributed by atoms with Gasteiger partial charge in [-0.3, -0.25) is 9.69 Å². The van der Waals surface area contributed by atoms with Crippen molar-refractivity contribution in [2.45, 2.75) is 27.7 Å². The summed E-state index contributed by atoms with van der Waals surface area (Å²) in [5.74, 6) is 0.0104. The molecule has 0 aliphatic carbocycles. The fourth-order valence-corrected chi connectivity index (χ4v) is 4.44. The van der Waals surface area contributed by atoms with Gasteiger partial charge in [-0.05, 0) is 56.3 Å². The largest absolute Gasteiger partial charge is 0.302 e. The van der Waals surface area contributed by atoms with E-state index in [1.165, 1.54) is 5.56 Å². The van der Waals surface area contributed by atoms with E-state index in [0.29, 0.717) is 12.1 Å². The van der Waals surface area contributed by atoms with Crippen molar-refractivity contribution in [3.63, 3.8) is 0 Å². The molecule has 150 valence electrons. The number of thiazole rings is 1. The Balaban J connectivity index is 0.00000280. The third-order valence-electron chi connectivity index (χ3n) is 4.85. The Morgan fingerprint density at radius 2 is 1.71 bits per heavy atom. The number of hydrogen-bond donors (Lipinski definition) is 0. The van der Waals surface area contributed by atoms with E-state index < -0.39 is 0 Å². The van der Waals surface area contributed by atoms with Crippen LogP contribution in [0.25, 0.3) is 10.2 Å². The van der Waals surface area contributed by atoms with Gasteiger partial charge >= 0.3 is 0 Å². The Kier molecular flexibility index (Phi) is 7.98. The van der Waals surface area contributed by atoms with Crippen molar-refractivity contribution < 1.29 is 4.79 Å². The number of amides is 1. The highest BCUT2D eigenvalue weighted by Crippen LogP contribution is 2.32. The van der Waals surface area contributed by atoms with Gasteiger partial charge in [0.2, 0.25) is 0 Å². The molecule has 28 heavy (non-hydrogen) atoms. The van der Waals surface area contributed by atoms with Crippen LogP contribution >= 0.6 is 23.7 Å². The second kappa shape index (κ2) is 10.0. The molecule has 0 saturated heterocycles. The van der Waals surface area contributed by atoms with Crippen LogP contribution in [0, 0.1) is 13.8 Å². The van der Waals surface area contributed by atoms with Crippen molar-refractivity contribution in [3.05, 3.63) is 59.2 Å². The molecule has 0 aliphatic rings. The molecular formula is C22H28ClN3OS. The van der Waals surface area contributed by atoms with E-state index in [9.17, 15) is 4.79 Å². The Hall–Kier alpha value is -1.95. The number of rotatable bonds is 7. The predicted octanol–water partition coefficient (Wildman–Crippen LogP) is 5.32. The Bertz CT molecular complexity index is 922. The molecule has 2 aromatic carbocycles. The summed E-state index contributed by atoms with van der Waals surface area (Å²) in [7, 11) is 0. The Labute approximate surface area is 177 Å². The second-order valence-corrected chi connectivity index (χ2v) is 7.78. The summed E-state index contributed by atoms with van der Waals surface area (Å²) >= 11 is 1.60.